The number of nitriles is 1. The van der Waals surface area contributed by atoms with Gasteiger partial charge in [0.25, 0.3) is 5.91 Å². The van der Waals surface area contributed by atoms with Crippen LogP contribution in [-0.2, 0) is 18.2 Å². The van der Waals surface area contributed by atoms with E-state index in [1.165, 1.54) is 23.7 Å². The fourth-order valence-electron chi connectivity index (χ4n) is 3.95. The lowest BCUT2D eigenvalue weighted by atomic mass is 10.1. The Morgan fingerprint density at radius 1 is 1.30 bits per heavy atom. The molecule has 1 aliphatic carbocycles. The molecule has 1 amide bonds. The van der Waals surface area contributed by atoms with Crippen LogP contribution in [0.5, 0.6) is 0 Å². The smallest absolute Gasteiger partial charge is 0.364 e. The molecule has 0 radical (unpaired) electrons. The topological polar surface area (TPSA) is 96.2 Å². The van der Waals surface area contributed by atoms with Gasteiger partial charge in [-0.05, 0) is 61.0 Å². The molecule has 0 spiro atoms. The first kappa shape index (κ1) is 21.6. The van der Waals surface area contributed by atoms with Crippen LogP contribution in [0.15, 0.2) is 34.9 Å². The van der Waals surface area contributed by atoms with Crippen LogP contribution in [0.4, 0.5) is 13.8 Å². The van der Waals surface area contributed by atoms with Gasteiger partial charge in [0.15, 0.2) is 17.1 Å². The molecule has 4 aromatic rings. The van der Waals surface area contributed by atoms with Gasteiger partial charge in [-0.15, -0.1) is 11.3 Å². The minimum atomic E-state index is -3.76. The van der Waals surface area contributed by atoms with E-state index in [-0.39, 0.29) is 22.8 Å². The Morgan fingerprint density at radius 3 is 2.85 bits per heavy atom. The van der Waals surface area contributed by atoms with Crippen molar-refractivity contribution in [1.29, 1.82) is 5.26 Å². The number of aryl methyl sites for hydroxylation is 1. The molecule has 0 aromatic carbocycles. The number of amides is 1. The number of thiophene rings is 1. The van der Waals surface area contributed by atoms with Gasteiger partial charge in [-0.25, -0.2) is 9.50 Å². The highest BCUT2D eigenvalue weighted by atomic mass is 35.5. The maximum Gasteiger partial charge on any atom is 0.364 e. The molecule has 0 atom stereocenters. The second-order valence-electron chi connectivity index (χ2n) is 7.64. The zero-order chi connectivity index (χ0) is 23.2. The molecule has 0 aliphatic heterocycles. The van der Waals surface area contributed by atoms with Gasteiger partial charge in [-0.3, -0.25) is 4.79 Å². The summed E-state index contributed by atoms with van der Waals surface area (Å²) in [6.07, 6.45) is 6.20. The van der Waals surface area contributed by atoms with Crippen molar-refractivity contribution in [2.45, 2.75) is 37.5 Å². The number of aromatic nitrogens is 3. The molecule has 4 aromatic heterocycles. The molecule has 0 fully saturated rings. The molecular formula is C22H16ClF2N5O2S. The molecular weight excluding hydrogens is 472 g/mol. The lowest BCUT2D eigenvalue weighted by Gasteiger charge is -2.11. The van der Waals surface area contributed by atoms with E-state index < -0.39 is 17.0 Å². The number of carbonyl (C=O) groups excluding carboxylic acids is 1. The molecule has 168 valence electrons. The van der Waals surface area contributed by atoms with Crippen LogP contribution < -0.4 is 5.32 Å². The van der Waals surface area contributed by atoms with Gasteiger partial charge in [0.05, 0.1) is 11.8 Å². The maximum absolute atomic E-state index is 14.1. The average Bonchev–Trinajstić information content (AvgIpc) is 3.48. The summed E-state index contributed by atoms with van der Waals surface area (Å²) >= 11 is 6.69. The number of furan rings is 1. The molecule has 0 bridgehead atoms. The molecule has 4 heterocycles. The summed E-state index contributed by atoms with van der Waals surface area (Å²) in [5, 5.41) is 13.1. The van der Waals surface area contributed by atoms with Gasteiger partial charge < -0.3 is 9.73 Å². The van der Waals surface area contributed by atoms with E-state index in [0.29, 0.717) is 10.6 Å². The van der Waals surface area contributed by atoms with Gasteiger partial charge in [-0.2, -0.15) is 19.1 Å². The van der Waals surface area contributed by atoms with E-state index in [4.69, 9.17) is 16.0 Å². The van der Waals surface area contributed by atoms with Gasteiger partial charge in [0.1, 0.15) is 22.5 Å². The Balaban J connectivity index is 1.53. The third-order valence-corrected chi connectivity index (χ3v) is 6.88. The number of rotatable bonds is 4. The van der Waals surface area contributed by atoms with Gasteiger partial charge in [-0.1, -0.05) is 6.42 Å². The molecule has 0 saturated carbocycles. The molecule has 1 N–H and O–H groups in total. The number of nitrogens with one attached hydrogen (secondary N) is 1. The lowest BCUT2D eigenvalue weighted by Crippen LogP contribution is -2.15. The third kappa shape index (κ3) is 3.98. The number of halogens is 3. The third-order valence-electron chi connectivity index (χ3n) is 5.48. The lowest BCUT2D eigenvalue weighted by molar-refractivity contribution is 0.0869. The number of carbonyl (C=O) groups is 1. The highest BCUT2D eigenvalue weighted by Crippen LogP contribution is 2.38. The molecule has 0 saturated heterocycles. The van der Waals surface area contributed by atoms with E-state index in [2.05, 4.69) is 21.5 Å². The van der Waals surface area contributed by atoms with Crippen molar-refractivity contribution in [3.63, 3.8) is 0 Å². The predicted molar refractivity (Wildman–Crippen MR) is 119 cm³/mol. The Kier molecular flexibility index (Phi) is 5.38. The molecule has 11 heteroatoms. The Morgan fingerprint density at radius 2 is 2.12 bits per heavy atom. The number of anilines is 1. The monoisotopic (exact) mass is 487 g/mol. The van der Waals surface area contributed by atoms with Crippen molar-refractivity contribution < 1.29 is 18.0 Å². The van der Waals surface area contributed by atoms with Crippen molar-refractivity contribution in [2.24, 2.45) is 0 Å². The Hall–Kier alpha value is -3.29. The molecule has 1 aliphatic rings. The normalized spacial score (nSPS) is 14.0. The van der Waals surface area contributed by atoms with Crippen molar-refractivity contribution in [3.8, 4) is 17.5 Å². The van der Waals surface area contributed by atoms with E-state index in [9.17, 15) is 18.8 Å². The van der Waals surface area contributed by atoms with Crippen molar-refractivity contribution >= 4 is 39.5 Å². The first-order chi connectivity index (χ1) is 15.8. The van der Waals surface area contributed by atoms with Crippen LogP contribution in [0.1, 0.15) is 51.4 Å². The molecule has 5 rings (SSSR count). The number of alkyl halides is 3. The van der Waals surface area contributed by atoms with Crippen LogP contribution in [0.3, 0.4) is 0 Å². The summed E-state index contributed by atoms with van der Waals surface area (Å²) in [5.41, 5.74) is 0.795. The predicted octanol–water partition coefficient (Wildman–Crippen LogP) is 5.73. The molecule has 0 unspecified atom stereocenters. The Bertz CT molecular complexity index is 1400. The molecule has 33 heavy (non-hydrogen) atoms. The van der Waals surface area contributed by atoms with E-state index >= 15 is 0 Å². The zero-order valence-corrected chi connectivity index (χ0v) is 18.6. The van der Waals surface area contributed by atoms with Gasteiger partial charge in [0.2, 0.25) is 0 Å². The van der Waals surface area contributed by atoms with Crippen LogP contribution in [0.25, 0.3) is 17.1 Å². The second-order valence-corrected chi connectivity index (χ2v) is 9.22. The highest BCUT2D eigenvalue weighted by Gasteiger charge is 2.34. The van der Waals surface area contributed by atoms with Crippen molar-refractivity contribution in [1.82, 2.24) is 14.6 Å². The fourth-order valence-corrected chi connectivity index (χ4v) is 5.32. The quantitative estimate of drug-likeness (QED) is 0.293. The van der Waals surface area contributed by atoms with Crippen LogP contribution in [0, 0.1) is 11.3 Å². The minimum absolute atomic E-state index is 0.00634. The van der Waals surface area contributed by atoms with Crippen molar-refractivity contribution in [2.75, 3.05) is 5.32 Å². The fraction of sp³-hybridized carbons (Fsp3) is 0.273. The number of fused-ring (bicyclic) bond motifs is 2. The van der Waals surface area contributed by atoms with E-state index in [0.717, 1.165) is 53.1 Å². The summed E-state index contributed by atoms with van der Waals surface area (Å²) in [4.78, 5) is 18.3. The largest absolute Gasteiger partial charge is 0.463 e. The van der Waals surface area contributed by atoms with Gasteiger partial charge in [0, 0.05) is 10.9 Å². The first-order valence-corrected chi connectivity index (χ1v) is 11.4. The number of hydrogen-bond donors (Lipinski definition) is 1. The van der Waals surface area contributed by atoms with Crippen molar-refractivity contribution in [3.05, 3.63) is 57.9 Å². The maximum atomic E-state index is 14.1. The molecule has 7 nitrogen and oxygen atoms in total. The number of hydrogen-bond acceptors (Lipinski definition) is 6. The number of nitrogens with zero attached hydrogens (tertiary/aromatic N) is 4. The summed E-state index contributed by atoms with van der Waals surface area (Å²) < 4.78 is 34.4. The second kappa shape index (κ2) is 8.24. The zero-order valence-electron chi connectivity index (χ0n) is 17.1. The highest BCUT2D eigenvalue weighted by molar-refractivity contribution is 7.16. The summed E-state index contributed by atoms with van der Waals surface area (Å²) in [6.45, 7) is 0. The van der Waals surface area contributed by atoms with Crippen LogP contribution in [0.2, 0.25) is 0 Å². The summed E-state index contributed by atoms with van der Waals surface area (Å²) in [5.74, 6) is -0.359. The first-order valence-electron chi connectivity index (χ1n) is 10.2. The standard InChI is InChI=1S/C22H16ClF2N5O2S/c23-22(24,25)18-9-14(16-6-4-8-32-16)27-19-10-15(29-30(18)19)20(31)28-21-13(11-26)12-5-2-1-3-7-17(12)33-21/h4,6,8-10H,1-3,5,7H2,(H,28,31). The van der Waals surface area contributed by atoms with Crippen LogP contribution >= 0.6 is 22.9 Å². The minimum Gasteiger partial charge on any atom is -0.463 e. The van der Waals surface area contributed by atoms with E-state index in [1.54, 1.807) is 12.1 Å². The summed E-state index contributed by atoms with van der Waals surface area (Å²) in [7, 11) is 0. The SMILES string of the molecule is N#Cc1c(NC(=O)c2cc3nc(-c4ccco4)cc(C(F)(F)Cl)n3n2)sc2c1CCCCC2. The summed E-state index contributed by atoms with van der Waals surface area (Å²) in [6, 6.07) is 7.73. The van der Waals surface area contributed by atoms with Gasteiger partial charge >= 0.3 is 5.38 Å². The van der Waals surface area contributed by atoms with Crippen LogP contribution in [-0.4, -0.2) is 20.5 Å². The average molecular weight is 488 g/mol. The Labute approximate surface area is 195 Å². The van der Waals surface area contributed by atoms with E-state index in [1.807, 2.05) is 0 Å².